The molecule has 0 N–H and O–H groups in total. The van der Waals surface area contributed by atoms with Crippen molar-refractivity contribution in [3.05, 3.63) is 35.4 Å². The van der Waals surface area contributed by atoms with Crippen molar-refractivity contribution in [2.24, 2.45) is 0 Å². The van der Waals surface area contributed by atoms with E-state index in [0.29, 0.717) is 6.10 Å². The first-order valence-corrected chi connectivity index (χ1v) is 8.06. The highest BCUT2D eigenvalue weighted by molar-refractivity contribution is 6.20. The van der Waals surface area contributed by atoms with Gasteiger partial charge in [0.25, 0.3) is 0 Å². The van der Waals surface area contributed by atoms with E-state index in [1.54, 1.807) is 7.11 Å². The summed E-state index contributed by atoms with van der Waals surface area (Å²) < 4.78 is 10.8. The summed E-state index contributed by atoms with van der Waals surface area (Å²) in [6, 6.07) is 8.59. The quantitative estimate of drug-likeness (QED) is 0.690. The highest BCUT2D eigenvalue weighted by atomic mass is 35.5. The number of benzene rings is 1. The van der Waals surface area contributed by atoms with Crippen LogP contribution in [0.1, 0.15) is 48.6 Å². The lowest BCUT2D eigenvalue weighted by Gasteiger charge is -2.23. The first-order chi connectivity index (χ1) is 9.79. The maximum absolute atomic E-state index is 6.50. The Balaban J connectivity index is 1.77. The molecule has 2 unspecified atom stereocenters. The van der Waals surface area contributed by atoms with Crippen molar-refractivity contribution in [3.63, 3.8) is 0 Å². The van der Waals surface area contributed by atoms with Crippen molar-refractivity contribution in [1.82, 2.24) is 0 Å². The molecule has 2 nitrogen and oxygen atoms in total. The van der Waals surface area contributed by atoms with Gasteiger partial charge >= 0.3 is 0 Å². The predicted molar refractivity (Wildman–Crippen MR) is 83.4 cm³/mol. The van der Waals surface area contributed by atoms with Crippen LogP contribution in [0.15, 0.2) is 24.3 Å². The van der Waals surface area contributed by atoms with Crippen LogP contribution in [0.4, 0.5) is 0 Å². The molecule has 0 aromatic heterocycles. The average molecular weight is 297 g/mol. The minimum absolute atomic E-state index is 0.0944. The molecule has 20 heavy (non-hydrogen) atoms. The first-order valence-electron chi connectivity index (χ1n) is 7.63. The molecule has 0 saturated carbocycles. The molecule has 0 aliphatic carbocycles. The number of hydrogen-bond donors (Lipinski definition) is 0. The van der Waals surface area contributed by atoms with Crippen molar-refractivity contribution in [2.75, 3.05) is 20.3 Å². The van der Waals surface area contributed by atoms with Gasteiger partial charge in [-0.25, -0.2) is 0 Å². The molecular formula is C17H25ClO2. The second-order valence-corrected chi connectivity index (χ2v) is 6.04. The number of methoxy groups -OCH3 is 1. The number of ether oxygens (including phenoxy) is 2. The SMILES string of the molecule is COCCc1ccc(C(Cl)CCC2CCCCO2)cc1. The molecule has 0 bridgehead atoms. The highest BCUT2D eigenvalue weighted by Crippen LogP contribution is 2.28. The van der Waals surface area contributed by atoms with E-state index in [4.69, 9.17) is 21.1 Å². The smallest absolute Gasteiger partial charge is 0.0586 e. The zero-order chi connectivity index (χ0) is 14.2. The Morgan fingerprint density at radius 2 is 2.10 bits per heavy atom. The fourth-order valence-corrected chi connectivity index (χ4v) is 2.92. The number of alkyl halides is 1. The summed E-state index contributed by atoms with van der Waals surface area (Å²) >= 11 is 6.50. The lowest BCUT2D eigenvalue weighted by molar-refractivity contribution is 0.0100. The van der Waals surface area contributed by atoms with Gasteiger partial charge in [0.05, 0.1) is 18.1 Å². The Hall–Kier alpha value is -0.570. The molecule has 0 amide bonds. The molecule has 2 atom stereocenters. The first kappa shape index (κ1) is 15.8. The van der Waals surface area contributed by atoms with E-state index >= 15 is 0 Å². The van der Waals surface area contributed by atoms with Gasteiger partial charge in [0.2, 0.25) is 0 Å². The van der Waals surface area contributed by atoms with Crippen LogP contribution in [0.2, 0.25) is 0 Å². The fraction of sp³-hybridized carbons (Fsp3) is 0.647. The molecule has 1 aliphatic rings. The van der Waals surface area contributed by atoms with E-state index < -0.39 is 0 Å². The van der Waals surface area contributed by atoms with Gasteiger partial charge in [-0.1, -0.05) is 24.3 Å². The van der Waals surface area contributed by atoms with Crippen LogP contribution in [-0.4, -0.2) is 26.4 Å². The van der Waals surface area contributed by atoms with Gasteiger partial charge in [0, 0.05) is 13.7 Å². The summed E-state index contributed by atoms with van der Waals surface area (Å²) in [4.78, 5) is 0. The summed E-state index contributed by atoms with van der Waals surface area (Å²) in [6.45, 7) is 1.69. The molecule has 1 aliphatic heterocycles. The Morgan fingerprint density at radius 3 is 2.75 bits per heavy atom. The van der Waals surface area contributed by atoms with E-state index in [0.717, 1.165) is 32.5 Å². The number of halogens is 1. The molecule has 0 radical (unpaired) electrons. The van der Waals surface area contributed by atoms with Gasteiger partial charge in [-0.3, -0.25) is 0 Å². The molecule has 1 fully saturated rings. The topological polar surface area (TPSA) is 18.5 Å². The molecular weight excluding hydrogens is 272 g/mol. The summed E-state index contributed by atoms with van der Waals surface area (Å²) in [5, 5.41) is 0.0944. The Bertz CT molecular complexity index is 371. The lowest BCUT2D eigenvalue weighted by atomic mass is 10.00. The van der Waals surface area contributed by atoms with Crippen LogP contribution in [0.5, 0.6) is 0 Å². The molecule has 1 heterocycles. The molecule has 112 valence electrons. The highest BCUT2D eigenvalue weighted by Gasteiger charge is 2.16. The summed E-state index contributed by atoms with van der Waals surface area (Å²) in [5.74, 6) is 0. The normalized spacial score (nSPS) is 20.8. The van der Waals surface area contributed by atoms with E-state index in [1.165, 1.54) is 30.4 Å². The average Bonchev–Trinajstić information content (AvgIpc) is 2.52. The largest absolute Gasteiger partial charge is 0.384 e. The third-order valence-corrected chi connectivity index (χ3v) is 4.42. The van der Waals surface area contributed by atoms with Crippen molar-refractivity contribution < 1.29 is 9.47 Å². The van der Waals surface area contributed by atoms with E-state index in [1.807, 2.05) is 0 Å². The Labute approximate surface area is 127 Å². The summed E-state index contributed by atoms with van der Waals surface area (Å²) in [5.41, 5.74) is 2.51. The summed E-state index contributed by atoms with van der Waals surface area (Å²) in [7, 11) is 1.73. The second-order valence-electron chi connectivity index (χ2n) is 5.52. The predicted octanol–water partition coefficient (Wildman–Crippen LogP) is 4.50. The zero-order valence-corrected chi connectivity index (χ0v) is 13.1. The Kier molecular flexibility index (Phi) is 6.85. The van der Waals surface area contributed by atoms with Gasteiger partial charge < -0.3 is 9.47 Å². The van der Waals surface area contributed by atoms with Crippen molar-refractivity contribution >= 4 is 11.6 Å². The lowest BCUT2D eigenvalue weighted by Crippen LogP contribution is -2.19. The Morgan fingerprint density at radius 1 is 1.30 bits per heavy atom. The number of rotatable bonds is 7. The maximum Gasteiger partial charge on any atom is 0.0586 e. The van der Waals surface area contributed by atoms with Crippen molar-refractivity contribution in [2.45, 2.75) is 50.0 Å². The number of hydrogen-bond acceptors (Lipinski definition) is 2. The second kappa shape index (κ2) is 8.66. The van der Waals surface area contributed by atoms with Crippen molar-refractivity contribution in [1.29, 1.82) is 0 Å². The van der Waals surface area contributed by atoms with Gasteiger partial charge in [0.1, 0.15) is 0 Å². The minimum atomic E-state index is 0.0944. The molecule has 1 aromatic carbocycles. The van der Waals surface area contributed by atoms with Crippen LogP contribution in [0.25, 0.3) is 0 Å². The molecule has 2 rings (SSSR count). The fourth-order valence-electron chi connectivity index (χ4n) is 2.65. The molecule has 1 aromatic rings. The van der Waals surface area contributed by atoms with Gasteiger partial charge in [0.15, 0.2) is 0 Å². The van der Waals surface area contributed by atoms with E-state index in [2.05, 4.69) is 24.3 Å². The van der Waals surface area contributed by atoms with Gasteiger partial charge in [-0.05, 0) is 49.7 Å². The van der Waals surface area contributed by atoms with Crippen LogP contribution >= 0.6 is 11.6 Å². The van der Waals surface area contributed by atoms with E-state index in [-0.39, 0.29) is 5.38 Å². The zero-order valence-electron chi connectivity index (χ0n) is 12.3. The maximum atomic E-state index is 6.50. The van der Waals surface area contributed by atoms with Crippen LogP contribution in [0.3, 0.4) is 0 Å². The van der Waals surface area contributed by atoms with E-state index in [9.17, 15) is 0 Å². The van der Waals surface area contributed by atoms with Gasteiger partial charge in [-0.2, -0.15) is 0 Å². The van der Waals surface area contributed by atoms with Crippen molar-refractivity contribution in [3.8, 4) is 0 Å². The van der Waals surface area contributed by atoms with Gasteiger partial charge in [-0.15, -0.1) is 11.6 Å². The van der Waals surface area contributed by atoms with Crippen LogP contribution in [0, 0.1) is 0 Å². The van der Waals surface area contributed by atoms with Crippen LogP contribution in [-0.2, 0) is 15.9 Å². The monoisotopic (exact) mass is 296 g/mol. The summed E-state index contributed by atoms with van der Waals surface area (Å²) in [6.07, 6.45) is 7.14. The minimum Gasteiger partial charge on any atom is -0.384 e. The third kappa shape index (κ3) is 5.08. The van der Waals surface area contributed by atoms with Crippen LogP contribution < -0.4 is 0 Å². The molecule has 3 heteroatoms. The molecule has 1 saturated heterocycles. The standard InChI is InChI=1S/C17H25ClO2/c1-19-13-11-14-5-7-15(8-6-14)17(18)10-9-16-4-2-3-12-20-16/h5-8,16-17H,2-4,9-13H2,1H3. The molecule has 0 spiro atoms. The third-order valence-electron chi connectivity index (χ3n) is 3.95.